The summed E-state index contributed by atoms with van der Waals surface area (Å²) in [6.07, 6.45) is 0.142. The standard InChI is InChI=1S/C16H11ClF2N2O3/c1-2-24-16(23)9-6-21(12-4-10(12)18)14-7(15(9)22)3-11(19)13(17)8(14)5-20/h3,6,10,12H,2,4H2,1H3/t10-,12+/m0/s1. The molecule has 0 unspecified atom stereocenters. The van der Waals surface area contributed by atoms with Crippen molar-refractivity contribution in [2.45, 2.75) is 25.6 Å². The van der Waals surface area contributed by atoms with E-state index in [0.29, 0.717) is 0 Å². The second kappa shape index (κ2) is 5.87. The molecule has 1 aliphatic carbocycles. The molecule has 2 aromatic rings. The van der Waals surface area contributed by atoms with Crippen molar-refractivity contribution < 1.29 is 18.3 Å². The van der Waals surface area contributed by atoms with E-state index in [2.05, 4.69) is 0 Å². The number of hydrogen-bond donors (Lipinski definition) is 0. The smallest absolute Gasteiger partial charge is 0.343 e. The number of ether oxygens (including phenoxy) is 1. The van der Waals surface area contributed by atoms with Crippen molar-refractivity contribution in [3.8, 4) is 6.07 Å². The third kappa shape index (κ3) is 2.43. The number of halogens is 3. The summed E-state index contributed by atoms with van der Waals surface area (Å²) in [5, 5.41) is 8.63. The lowest BCUT2D eigenvalue weighted by Gasteiger charge is -2.14. The lowest BCUT2D eigenvalue weighted by atomic mass is 10.1. The molecule has 0 saturated heterocycles. The van der Waals surface area contributed by atoms with Crippen LogP contribution in [0.15, 0.2) is 17.1 Å². The number of esters is 1. The zero-order valence-corrected chi connectivity index (χ0v) is 13.2. The van der Waals surface area contributed by atoms with Crippen LogP contribution in [0.1, 0.15) is 35.3 Å². The first-order valence-corrected chi connectivity index (χ1v) is 7.56. The van der Waals surface area contributed by atoms with Crippen LogP contribution in [0.5, 0.6) is 0 Å². The Morgan fingerprint density at radius 2 is 2.25 bits per heavy atom. The Hall–Kier alpha value is -2.46. The van der Waals surface area contributed by atoms with Gasteiger partial charge in [-0.25, -0.2) is 13.6 Å². The zero-order valence-electron chi connectivity index (χ0n) is 12.5. The minimum atomic E-state index is -1.18. The number of benzene rings is 1. The van der Waals surface area contributed by atoms with Crippen molar-refractivity contribution in [1.29, 1.82) is 5.26 Å². The maximum absolute atomic E-state index is 14.0. The van der Waals surface area contributed by atoms with Crippen molar-refractivity contribution in [2.24, 2.45) is 0 Å². The van der Waals surface area contributed by atoms with Crippen LogP contribution in [-0.2, 0) is 4.74 Å². The first-order chi connectivity index (χ1) is 11.4. The van der Waals surface area contributed by atoms with Gasteiger partial charge in [0.05, 0.1) is 34.1 Å². The number of nitriles is 1. The molecule has 1 aromatic heterocycles. The van der Waals surface area contributed by atoms with E-state index in [-0.39, 0.29) is 35.1 Å². The highest BCUT2D eigenvalue weighted by atomic mass is 35.5. The van der Waals surface area contributed by atoms with Gasteiger partial charge in [0, 0.05) is 12.6 Å². The van der Waals surface area contributed by atoms with Gasteiger partial charge in [-0.3, -0.25) is 4.79 Å². The zero-order chi connectivity index (χ0) is 17.6. The van der Waals surface area contributed by atoms with Crippen molar-refractivity contribution in [3.05, 3.63) is 44.5 Å². The Labute approximate surface area is 140 Å². The molecular weight excluding hydrogens is 342 g/mol. The molecule has 1 aromatic carbocycles. The molecule has 2 atom stereocenters. The van der Waals surface area contributed by atoms with Crippen molar-refractivity contribution in [1.82, 2.24) is 4.57 Å². The van der Waals surface area contributed by atoms with E-state index >= 15 is 0 Å². The van der Waals surface area contributed by atoms with E-state index < -0.39 is 34.5 Å². The number of hydrogen-bond acceptors (Lipinski definition) is 4. The average Bonchev–Trinajstić information content (AvgIpc) is 3.26. The highest BCUT2D eigenvalue weighted by Crippen LogP contribution is 2.42. The van der Waals surface area contributed by atoms with Crippen LogP contribution in [0.25, 0.3) is 10.9 Å². The summed E-state index contributed by atoms with van der Waals surface area (Å²) >= 11 is 5.81. The number of alkyl halides is 1. The summed E-state index contributed by atoms with van der Waals surface area (Å²) in [6, 6.07) is 1.96. The fourth-order valence-electron chi connectivity index (χ4n) is 2.62. The van der Waals surface area contributed by atoms with Crippen molar-refractivity contribution >= 4 is 28.5 Å². The Morgan fingerprint density at radius 1 is 1.58 bits per heavy atom. The molecule has 0 radical (unpaired) electrons. The second-order valence-electron chi connectivity index (χ2n) is 5.37. The topological polar surface area (TPSA) is 72.1 Å². The maximum atomic E-state index is 14.0. The molecule has 1 saturated carbocycles. The third-order valence-electron chi connectivity index (χ3n) is 3.85. The first-order valence-electron chi connectivity index (χ1n) is 7.18. The molecule has 0 spiro atoms. The van der Waals surface area contributed by atoms with Gasteiger partial charge < -0.3 is 9.30 Å². The molecule has 0 amide bonds. The average molecular weight is 353 g/mol. The number of aromatic nitrogens is 1. The van der Waals surface area contributed by atoms with E-state index in [4.69, 9.17) is 16.3 Å². The Bertz CT molecular complexity index is 965. The highest BCUT2D eigenvalue weighted by Gasteiger charge is 2.41. The highest BCUT2D eigenvalue weighted by molar-refractivity contribution is 6.33. The lowest BCUT2D eigenvalue weighted by molar-refractivity contribution is 0.0524. The van der Waals surface area contributed by atoms with Crippen LogP contribution >= 0.6 is 11.6 Å². The molecule has 3 rings (SSSR count). The van der Waals surface area contributed by atoms with Crippen molar-refractivity contribution in [3.63, 3.8) is 0 Å². The van der Waals surface area contributed by atoms with Crippen LogP contribution in [0, 0.1) is 17.1 Å². The molecule has 1 heterocycles. The lowest BCUT2D eigenvalue weighted by Crippen LogP contribution is -2.22. The fraction of sp³-hybridized carbons (Fsp3) is 0.312. The van der Waals surface area contributed by atoms with Crippen LogP contribution < -0.4 is 5.43 Å². The Balaban J connectivity index is 2.43. The predicted molar refractivity (Wildman–Crippen MR) is 82.4 cm³/mol. The van der Waals surface area contributed by atoms with Gasteiger partial charge in [0.15, 0.2) is 0 Å². The van der Waals surface area contributed by atoms with E-state index in [0.717, 1.165) is 12.3 Å². The molecule has 24 heavy (non-hydrogen) atoms. The van der Waals surface area contributed by atoms with Crippen LogP contribution in [0.3, 0.4) is 0 Å². The summed E-state index contributed by atoms with van der Waals surface area (Å²) < 4.78 is 33.7. The summed E-state index contributed by atoms with van der Waals surface area (Å²) in [6.45, 7) is 1.62. The predicted octanol–water partition coefficient (Wildman–Crippen LogP) is 3.13. The summed E-state index contributed by atoms with van der Waals surface area (Å²) in [4.78, 5) is 24.5. The molecule has 0 bridgehead atoms. The number of fused-ring (bicyclic) bond motifs is 1. The molecule has 8 heteroatoms. The first kappa shape index (κ1) is 16.4. The van der Waals surface area contributed by atoms with Crippen LogP contribution in [0.4, 0.5) is 8.78 Å². The number of rotatable bonds is 3. The van der Waals surface area contributed by atoms with Gasteiger partial charge in [-0.2, -0.15) is 5.26 Å². The minimum Gasteiger partial charge on any atom is -0.462 e. The van der Waals surface area contributed by atoms with Gasteiger partial charge in [-0.15, -0.1) is 0 Å². The van der Waals surface area contributed by atoms with Gasteiger partial charge in [0.1, 0.15) is 23.6 Å². The number of carbonyl (C=O) groups is 1. The van der Waals surface area contributed by atoms with E-state index in [1.165, 1.54) is 4.57 Å². The van der Waals surface area contributed by atoms with E-state index in [1.54, 1.807) is 13.0 Å². The molecule has 1 fully saturated rings. The number of nitrogens with zero attached hydrogens (tertiary/aromatic N) is 2. The fourth-order valence-corrected chi connectivity index (χ4v) is 2.81. The molecule has 1 aliphatic rings. The molecule has 0 N–H and O–H groups in total. The molecular formula is C16H11ClF2N2O3. The number of carbonyl (C=O) groups excluding carboxylic acids is 1. The van der Waals surface area contributed by atoms with E-state index in [9.17, 15) is 23.6 Å². The largest absolute Gasteiger partial charge is 0.462 e. The summed E-state index contributed by atoms with van der Waals surface area (Å²) in [7, 11) is 0. The maximum Gasteiger partial charge on any atom is 0.343 e. The van der Waals surface area contributed by atoms with Crippen LogP contribution in [0.2, 0.25) is 5.02 Å². The monoisotopic (exact) mass is 352 g/mol. The normalized spacial score (nSPS) is 19.1. The number of pyridine rings is 1. The molecule has 0 aliphatic heterocycles. The second-order valence-corrected chi connectivity index (χ2v) is 5.75. The van der Waals surface area contributed by atoms with Gasteiger partial charge in [0.25, 0.3) is 0 Å². The SMILES string of the molecule is CCOC(=O)c1cn([C@@H]2C[C@@H]2F)c2c(C#N)c(Cl)c(F)cc2c1=O. The Morgan fingerprint density at radius 3 is 2.79 bits per heavy atom. The molecule has 5 nitrogen and oxygen atoms in total. The summed E-state index contributed by atoms with van der Waals surface area (Å²) in [5.74, 6) is -1.85. The van der Waals surface area contributed by atoms with Crippen molar-refractivity contribution in [2.75, 3.05) is 6.61 Å². The summed E-state index contributed by atoms with van der Waals surface area (Å²) in [5.41, 5.74) is -1.37. The van der Waals surface area contributed by atoms with Crippen LogP contribution in [-0.4, -0.2) is 23.3 Å². The minimum absolute atomic E-state index is 0.0205. The quantitative estimate of drug-likeness (QED) is 0.796. The van der Waals surface area contributed by atoms with Gasteiger partial charge in [0.2, 0.25) is 5.43 Å². The van der Waals surface area contributed by atoms with Gasteiger partial charge in [-0.05, 0) is 13.0 Å². The van der Waals surface area contributed by atoms with Gasteiger partial charge >= 0.3 is 5.97 Å². The van der Waals surface area contributed by atoms with E-state index in [1.807, 2.05) is 0 Å². The third-order valence-corrected chi connectivity index (χ3v) is 4.22. The van der Waals surface area contributed by atoms with Gasteiger partial charge in [-0.1, -0.05) is 11.6 Å². The molecule has 124 valence electrons. The Kier molecular flexibility index (Phi) is 4.01.